The zero-order chi connectivity index (χ0) is 17.8. The number of carbonyl (C=O) groups is 2. The lowest BCUT2D eigenvalue weighted by Gasteiger charge is -2.04. The van der Waals surface area contributed by atoms with Crippen LogP contribution < -0.4 is 5.32 Å². The van der Waals surface area contributed by atoms with Gasteiger partial charge in [-0.3, -0.25) is 14.9 Å². The Labute approximate surface area is 150 Å². The minimum absolute atomic E-state index is 0.0434. The fourth-order valence-electron chi connectivity index (χ4n) is 2.10. The van der Waals surface area contributed by atoms with Crippen LogP contribution in [0.3, 0.4) is 0 Å². The zero-order valence-corrected chi connectivity index (χ0v) is 14.4. The predicted molar refractivity (Wildman–Crippen MR) is 94.9 cm³/mol. The van der Waals surface area contributed by atoms with Crippen LogP contribution in [0, 0.1) is 10.1 Å². The average Bonchev–Trinajstić information content (AvgIpc) is 3.26. The number of fused-ring (bicyclic) bond motifs is 1. The van der Waals surface area contributed by atoms with Crippen molar-refractivity contribution in [2.45, 2.75) is 6.54 Å². The van der Waals surface area contributed by atoms with Crippen LogP contribution in [0.4, 0.5) is 5.69 Å². The number of hydrogen-bond donors (Lipinski definition) is 1. The summed E-state index contributed by atoms with van der Waals surface area (Å²) in [5.74, 6) is -1.02. The third-order valence-corrected chi connectivity index (χ3v) is 5.26. The number of thiophene rings is 2. The van der Waals surface area contributed by atoms with Crippen molar-refractivity contribution >= 4 is 50.3 Å². The third-order valence-electron chi connectivity index (χ3n) is 3.29. The van der Waals surface area contributed by atoms with Crippen LogP contribution in [0.1, 0.15) is 14.5 Å². The normalized spacial score (nSPS) is 10.6. The summed E-state index contributed by atoms with van der Waals surface area (Å²) in [5, 5.41) is 15.9. The molecule has 1 aromatic carbocycles. The highest BCUT2D eigenvalue weighted by Crippen LogP contribution is 2.29. The number of benzene rings is 1. The summed E-state index contributed by atoms with van der Waals surface area (Å²) >= 11 is 2.68. The van der Waals surface area contributed by atoms with E-state index in [1.165, 1.54) is 29.5 Å². The molecular weight excluding hydrogens is 364 g/mol. The largest absolute Gasteiger partial charge is 0.451 e. The maximum atomic E-state index is 12.0. The van der Waals surface area contributed by atoms with Gasteiger partial charge in [-0.1, -0.05) is 6.07 Å². The maximum Gasteiger partial charge on any atom is 0.348 e. The molecule has 7 nitrogen and oxygen atoms in total. The summed E-state index contributed by atoms with van der Waals surface area (Å²) in [4.78, 5) is 35.3. The molecule has 0 aliphatic heterocycles. The van der Waals surface area contributed by atoms with E-state index in [1.807, 2.05) is 17.5 Å². The van der Waals surface area contributed by atoms with E-state index in [-0.39, 0.29) is 12.3 Å². The molecule has 0 aliphatic rings. The maximum absolute atomic E-state index is 12.0. The molecule has 0 radical (unpaired) electrons. The topological polar surface area (TPSA) is 98.5 Å². The van der Waals surface area contributed by atoms with Gasteiger partial charge in [0.25, 0.3) is 11.6 Å². The predicted octanol–water partition coefficient (Wildman–Crippen LogP) is 3.34. The molecule has 1 N–H and O–H groups in total. The second kappa shape index (κ2) is 7.41. The third kappa shape index (κ3) is 4.20. The quantitative estimate of drug-likeness (QED) is 0.404. The highest BCUT2D eigenvalue weighted by Gasteiger charge is 2.15. The number of nitro groups is 1. The Morgan fingerprint density at radius 2 is 2.08 bits per heavy atom. The van der Waals surface area contributed by atoms with E-state index in [1.54, 1.807) is 6.07 Å². The Kier molecular flexibility index (Phi) is 5.05. The molecule has 0 fully saturated rings. The van der Waals surface area contributed by atoms with Crippen molar-refractivity contribution < 1.29 is 19.2 Å². The van der Waals surface area contributed by atoms with E-state index in [0.29, 0.717) is 16.8 Å². The Morgan fingerprint density at radius 3 is 2.80 bits per heavy atom. The van der Waals surface area contributed by atoms with Crippen molar-refractivity contribution in [3.8, 4) is 0 Å². The first-order chi connectivity index (χ1) is 12.0. The second-order valence-corrected chi connectivity index (χ2v) is 7.14. The van der Waals surface area contributed by atoms with Crippen LogP contribution in [-0.2, 0) is 16.1 Å². The number of hydrogen-bond acceptors (Lipinski definition) is 7. The van der Waals surface area contributed by atoms with Crippen LogP contribution >= 0.6 is 22.7 Å². The van der Waals surface area contributed by atoms with E-state index in [4.69, 9.17) is 4.74 Å². The van der Waals surface area contributed by atoms with Gasteiger partial charge < -0.3 is 10.1 Å². The number of amides is 1. The fraction of sp³-hybridized carbons (Fsp3) is 0.125. The van der Waals surface area contributed by atoms with Crippen molar-refractivity contribution in [3.05, 3.63) is 61.6 Å². The monoisotopic (exact) mass is 376 g/mol. The number of nitrogens with zero attached hydrogens (tertiary/aromatic N) is 1. The Balaban J connectivity index is 1.58. The van der Waals surface area contributed by atoms with Gasteiger partial charge >= 0.3 is 5.97 Å². The van der Waals surface area contributed by atoms with Gasteiger partial charge in [0, 0.05) is 27.1 Å². The van der Waals surface area contributed by atoms with Gasteiger partial charge in [-0.25, -0.2) is 4.79 Å². The van der Waals surface area contributed by atoms with E-state index in [2.05, 4.69) is 5.32 Å². The minimum Gasteiger partial charge on any atom is -0.451 e. The van der Waals surface area contributed by atoms with Crippen molar-refractivity contribution in [2.24, 2.45) is 0 Å². The highest BCUT2D eigenvalue weighted by atomic mass is 32.1. The van der Waals surface area contributed by atoms with Gasteiger partial charge in [0.05, 0.1) is 11.5 Å². The van der Waals surface area contributed by atoms with Gasteiger partial charge in [0.1, 0.15) is 4.88 Å². The smallest absolute Gasteiger partial charge is 0.348 e. The summed E-state index contributed by atoms with van der Waals surface area (Å²) < 4.78 is 5.73. The van der Waals surface area contributed by atoms with E-state index >= 15 is 0 Å². The minimum atomic E-state index is -0.630. The van der Waals surface area contributed by atoms with Gasteiger partial charge in [0.15, 0.2) is 6.61 Å². The molecule has 25 heavy (non-hydrogen) atoms. The van der Waals surface area contributed by atoms with Crippen LogP contribution in [0.5, 0.6) is 0 Å². The molecule has 0 bridgehead atoms. The molecule has 2 heterocycles. The lowest BCUT2D eigenvalue weighted by Crippen LogP contribution is -2.27. The molecule has 0 spiro atoms. The molecule has 0 saturated carbocycles. The number of nitro benzene ring substituents is 1. The van der Waals surface area contributed by atoms with Gasteiger partial charge in [-0.05, 0) is 23.6 Å². The lowest BCUT2D eigenvalue weighted by atomic mass is 10.2. The molecule has 0 unspecified atom stereocenters. The Bertz CT molecular complexity index is 933. The highest BCUT2D eigenvalue weighted by molar-refractivity contribution is 7.20. The number of carbonyl (C=O) groups excluding carboxylic acids is 2. The Hall–Kier alpha value is -2.78. The van der Waals surface area contributed by atoms with Crippen LogP contribution in [0.2, 0.25) is 0 Å². The first-order valence-electron chi connectivity index (χ1n) is 7.17. The molecule has 2 aromatic heterocycles. The number of non-ortho nitro benzene ring substituents is 1. The summed E-state index contributed by atoms with van der Waals surface area (Å²) in [6.07, 6.45) is 0. The van der Waals surface area contributed by atoms with Crippen molar-refractivity contribution in [1.29, 1.82) is 0 Å². The number of ether oxygens (including phenoxy) is 1. The molecule has 3 aromatic rings. The summed E-state index contributed by atoms with van der Waals surface area (Å²) in [5.41, 5.74) is -0.0434. The number of rotatable bonds is 6. The fourth-order valence-corrected chi connectivity index (χ4v) is 3.68. The van der Waals surface area contributed by atoms with Crippen LogP contribution in [0.15, 0.2) is 41.8 Å². The molecule has 0 aliphatic carbocycles. The number of esters is 1. The molecule has 0 atom stereocenters. The molecule has 9 heteroatoms. The lowest BCUT2D eigenvalue weighted by molar-refractivity contribution is -0.384. The standard InChI is InChI=1S/C16H12N2O5S2/c19-15(17-8-12-2-1-5-24-12)9-23-16(20)14-7-10-6-11(18(21)22)3-4-13(10)25-14/h1-7H,8-9H2,(H,17,19). The van der Waals surface area contributed by atoms with Crippen LogP contribution in [-0.4, -0.2) is 23.4 Å². The molecular formula is C16H12N2O5S2. The number of nitrogens with one attached hydrogen (secondary N) is 1. The van der Waals surface area contributed by atoms with E-state index < -0.39 is 16.8 Å². The zero-order valence-electron chi connectivity index (χ0n) is 12.8. The molecule has 1 amide bonds. The Morgan fingerprint density at radius 1 is 1.24 bits per heavy atom. The SMILES string of the molecule is O=C(COC(=O)c1cc2cc([N+](=O)[O-])ccc2s1)NCc1cccs1. The first-order valence-corrected chi connectivity index (χ1v) is 8.87. The molecule has 128 valence electrons. The summed E-state index contributed by atoms with van der Waals surface area (Å²) in [7, 11) is 0. The van der Waals surface area contributed by atoms with E-state index in [0.717, 1.165) is 20.9 Å². The molecule has 0 saturated heterocycles. The van der Waals surface area contributed by atoms with Crippen molar-refractivity contribution in [3.63, 3.8) is 0 Å². The summed E-state index contributed by atoms with van der Waals surface area (Å²) in [6.45, 7) is 0.0131. The second-order valence-electron chi connectivity index (χ2n) is 5.02. The van der Waals surface area contributed by atoms with Crippen molar-refractivity contribution in [2.75, 3.05) is 6.61 Å². The molecule has 3 rings (SSSR count). The van der Waals surface area contributed by atoms with Crippen LogP contribution in [0.25, 0.3) is 10.1 Å². The van der Waals surface area contributed by atoms with Crippen molar-refractivity contribution in [1.82, 2.24) is 5.32 Å². The van der Waals surface area contributed by atoms with Gasteiger partial charge in [-0.15, -0.1) is 22.7 Å². The first kappa shape index (κ1) is 17.1. The average molecular weight is 376 g/mol. The van der Waals surface area contributed by atoms with Gasteiger partial charge in [0.2, 0.25) is 0 Å². The van der Waals surface area contributed by atoms with E-state index in [9.17, 15) is 19.7 Å². The van der Waals surface area contributed by atoms with Gasteiger partial charge in [-0.2, -0.15) is 0 Å². The summed E-state index contributed by atoms with van der Waals surface area (Å²) in [6, 6.07) is 9.68.